The standard InChI is InChI=1S/C12H13NO3S/c1-16-9-5-3-8(4-6-9)11-10(7-13)12(11)17(2,14)15/h3-6,10-12H,1-2H3/t10-,11-,12+/m1/s1. The van der Waals surface area contributed by atoms with Crippen molar-refractivity contribution in [3.63, 3.8) is 0 Å². The summed E-state index contributed by atoms with van der Waals surface area (Å²) in [6, 6.07) is 9.26. The Hall–Kier alpha value is -1.54. The average Bonchev–Trinajstić information content (AvgIpc) is 3.03. The number of hydrogen-bond acceptors (Lipinski definition) is 4. The zero-order valence-corrected chi connectivity index (χ0v) is 10.4. The topological polar surface area (TPSA) is 67.2 Å². The first kappa shape index (κ1) is 11.9. The highest BCUT2D eigenvalue weighted by Crippen LogP contribution is 2.51. The van der Waals surface area contributed by atoms with Crippen LogP contribution in [-0.4, -0.2) is 27.0 Å². The van der Waals surface area contributed by atoms with Gasteiger partial charge in [-0.2, -0.15) is 5.26 Å². The van der Waals surface area contributed by atoms with E-state index in [1.165, 1.54) is 6.26 Å². The van der Waals surface area contributed by atoms with Gasteiger partial charge in [-0.25, -0.2) is 8.42 Å². The highest BCUT2D eigenvalue weighted by Gasteiger charge is 2.57. The van der Waals surface area contributed by atoms with Gasteiger partial charge in [0.05, 0.1) is 24.3 Å². The highest BCUT2D eigenvalue weighted by molar-refractivity contribution is 7.91. The van der Waals surface area contributed by atoms with Gasteiger partial charge in [0.15, 0.2) is 9.84 Å². The fourth-order valence-electron chi connectivity index (χ4n) is 2.19. The van der Waals surface area contributed by atoms with Gasteiger partial charge in [-0.1, -0.05) is 12.1 Å². The number of hydrogen-bond donors (Lipinski definition) is 0. The van der Waals surface area contributed by atoms with E-state index >= 15 is 0 Å². The number of benzene rings is 1. The fraction of sp³-hybridized carbons (Fsp3) is 0.417. The number of nitriles is 1. The van der Waals surface area contributed by atoms with Crippen molar-refractivity contribution in [1.29, 1.82) is 5.26 Å². The Morgan fingerprint density at radius 2 is 1.88 bits per heavy atom. The van der Waals surface area contributed by atoms with Crippen molar-refractivity contribution in [2.24, 2.45) is 5.92 Å². The molecule has 1 aliphatic carbocycles. The Morgan fingerprint density at radius 1 is 1.29 bits per heavy atom. The maximum Gasteiger partial charge on any atom is 0.152 e. The Kier molecular flexibility index (Phi) is 2.84. The molecule has 1 aromatic carbocycles. The lowest BCUT2D eigenvalue weighted by molar-refractivity contribution is 0.414. The molecule has 0 spiro atoms. The molecular weight excluding hydrogens is 238 g/mol. The summed E-state index contributed by atoms with van der Waals surface area (Å²) in [5.74, 6) is 0.109. The van der Waals surface area contributed by atoms with E-state index in [9.17, 15) is 8.42 Å². The van der Waals surface area contributed by atoms with Gasteiger partial charge >= 0.3 is 0 Å². The molecule has 17 heavy (non-hydrogen) atoms. The van der Waals surface area contributed by atoms with Gasteiger partial charge in [0, 0.05) is 12.2 Å². The molecule has 0 radical (unpaired) electrons. The number of sulfone groups is 1. The van der Waals surface area contributed by atoms with Crippen LogP contribution in [0.25, 0.3) is 0 Å². The van der Waals surface area contributed by atoms with Crippen molar-refractivity contribution < 1.29 is 13.2 Å². The number of rotatable bonds is 3. The van der Waals surface area contributed by atoms with Gasteiger partial charge in [0.25, 0.3) is 0 Å². The molecule has 1 aliphatic rings. The Labute approximate surface area is 101 Å². The number of nitrogens with zero attached hydrogens (tertiary/aromatic N) is 1. The van der Waals surface area contributed by atoms with Gasteiger partial charge in [0.2, 0.25) is 0 Å². The first-order chi connectivity index (χ1) is 7.99. The maximum atomic E-state index is 11.5. The summed E-state index contributed by atoms with van der Waals surface area (Å²) in [5, 5.41) is 8.38. The second kappa shape index (κ2) is 4.04. The van der Waals surface area contributed by atoms with E-state index in [4.69, 9.17) is 10.00 Å². The molecule has 0 N–H and O–H groups in total. The predicted molar refractivity (Wildman–Crippen MR) is 63.5 cm³/mol. The van der Waals surface area contributed by atoms with Crippen molar-refractivity contribution in [3.8, 4) is 11.8 Å². The van der Waals surface area contributed by atoms with Crippen molar-refractivity contribution in [2.45, 2.75) is 11.2 Å². The summed E-state index contributed by atoms with van der Waals surface area (Å²) in [6.45, 7) is 0. The van der Waals surface area contributed by atoms with E-state index in [2.05, 4.69) is 6.07 Å². The summed E-state index contributed by atoms with van der Waals surface area (Å²) < 4.78 is 28.0. The lowest BCUT2D eigenvalue weighted by Gasteiger charge is -2.02. The molecule has 3 atom stereocenters. The van der Waals surface area contributed by atoms with Crippen molar-refractivity contribution >= 4 is 9.84 Å². The molecule has 0 saturated heterocycles. The number of ether oxygens (including phenoxy) is 1. The third kappa shape index (κ3) is 2.13. The molecule has 2 rings (SSSR count). The SMILES string of the molecule is COc1ccc([C@@H]2[C@@H](C#N)[C@@H]2S(C)(=O)=O)cc1. The van der Waals surface area contributed by atoms with E-state index in [-0.39, 0.29) is 5.92 Å². The van der Waals surface area contributed by atoms with Crippen molar-refractivity contribution in [1.82, 2.24) is 0 Å². The van der Waals surface area contributed by atoms with Crippen LogP contribution in [0.15, 0.2) is 24.3 Å². The van der Waals surface area contributed by atoms with Gasteiger partial charge in [-0.3, -0.25) is 0 Å². The molecule has 0 heterocycles. The van der Waals surface area contributed by atoms with E-state index < -0.39 is 21.0 Å². The van der Waals surface area contributed by atoms with E-state index in [1.54, 1.807) is 19.2 Å². The minimum atomic E-state index is -3.16. The second-order valence-corrected chi connectivity index (χ2v) is 6.45. The monoisotopic (exact) mass is 251 g/mol. The molecule has 1 fully saturated rings. The lowest BCUT2D eigenvalue weighted by Crippen LogP contribution is -2.06. The Morgan fingerprint density at radius 3 is 2.24 bits per heavy atom. The van der Waals surface area contributed by atoms with Crippen LogP contribution in [0.4, 0.5) is 0 Å². The zero-order chi connectivity index (χ0) is 12.6. The lowest BCUT2D eigenvalue weighted by atomic mass is 10.1. The summed E-state index contributed by atoms with van der Waals surface area (Å²) in [5.41, 5.74) is 0.882. The van der Waals surface area contributed by atoms with E-state index in [0.717, 1.165) is 11.3 Å². The molecule has 5 heteroatoms. The normalized spacial score (nSPS) is 27.2. The summed E-state index contributed by atoms with van der Waals surface area (Å²) >= 11 is 0. The largest absolute Gasteiger partial charge is 0.497 e. The minimum absolute atomic E-state index is 0.194. The van der Waals surface area contributed by atoms with Crippen LogP contribution >= 0.6 is 0 Å². The molecule has 4 nitrogen and oxygen atoms in total. The molecular formula is C12H13NO3S. The van der Waals surface area contributed by atoms with Crippen LogP contribution in [0.5, 0.6) is 5.75 Å². The molecule has 0 aromatic heterocycles. The van der Waals surface area contributed by atoms with Gasteiger partial charge in [-0.15, -0.1) is 0 Å². The predicted octanol–water partition coefficient (Wildman–Crippen LogP) is 1.35. The molecule has 0 bridgehead atoms. The minimum Gasteiger partial charge on any atom is -0.497 e. The van der Waals surface area contributed by atoms with E-state index in [0.29, 0.717) is 0 Å². The summed E-state index contributed by atoms with van der Waals surface area (Å²) in [7, 11) is -1.58. The third-order valence-electron chi connectivity index (χ3n) is 3.10. The smallest absolute Gasteiger partial charge is 0.152 e. The molecule has 90 valence electrons. The molecule has 1 aromatic rings. The molecule has 0 aliphatic heterocycles. The second-order valence-electron chi connectivity index (χ2n) is 4.25. The van der Waals surface area contributed by atoms with Crippen molar-refractivity contribution in [3.05, 3.63) is 29.8 Å². The first-order valence-corrected chi connectivity index (χ1v) is 7.17. The van der Waals surface area contributed by atoms with Crippen LogP contribution in [0.3, 0.4) is 0 Å². The van der Waals surface area contributed by atoms with E-state index in [1.807, 2.05) is 12.1 Å². The van der Waals surface area contributed by atoms with Gasteiger partial charge < -0.3 is 4.74 Å². The van der Waals surface area contributed by atoms with Gasteiger partial charge in [0.1, 0.15) is 5.75 Å². The van der Waals surface area contributed by atoms with Crippen LogP contribution < -0.4 is 4.74 Å². The summed E-state index contributed by atoms with van der Waals surface area (Å²) in [6.07, 6.45) is 1.19. The Bertz CT molecular complexity index is 556. The molecule has 1 saturated carbocycles. The van der Waals surface area contributed by atoms with Gasteiger partial charge in [-0.05, 0) is 17.7 Å². The van der Waals surface area contributed by atoms with Crippen LogP contribution in [0.2, 0.25) is 0 Å². The van der Waals surface area contributed by atoms with Crippen molar-refractivity contribution in [2.75, 3.05) is 13.4 Å². The summed E-state index contributed by atoms with van der Waals surface area (Å²) in [4.78, 5) is 0. The third-order valence-corrected chi connectivity index (χ3v) is 4.67. The zero-order valence-electron chi connectivity index (χ0n) is 9.62. The fourth-order valence-corrected chi connectivity index (χ4v) is 3.72. The Balaban J connectivity index is 2.27. The van der Waals surface area contributed by atoms with Crippen LogP contribution in [-0.2, 0) is 9.84 Å². The highest BCUT2D eigenvalue weighted by atomic mass is 32.2. The average molecular weight is 251 g/mol. The van der Waals surface area contributed by atoms with Crippen LogP contribution in [0, 0.1) is 17.2 Å². The molecule has 0 amide bonds. The quantitative estimate of drug-likeness (QED) is 0.813. The van der Waals surface area contributed by atoms with Crippen LogP contribution in [0.1, 0.15) is 11.5 Å². The number of methoxy groups -OCH3 is 1. The maximum absolute atomic E-state index is 11.5. The molecule has 0 unspecified atom stereocenters. The first-order valence-electron chi connectivity index (χ1n) is 5.21.